The van der Waals surface area contributed by atoms with Crippen LogP contribution in [0.1, 0.15) is 18.4 Å². The summed E-state index contributed by atoms with van der Waals surface area (Å²) in [5.41, 5.74) is 6.70. The summed E-state index contributed by atoms with van der Waals surface area (Å²) in [5.74, 6) is -1.25. The zero-order chi connectivity index (χ0) is 15.6. The molecule has 1 aliphatic rings. The SMILES string of the molecule is Nc1ccc([N+](=O)[O-])cc1CN1CCC(C(F)(F)F)CC1. The highest BCUT2D eigenvalue weighted by Gasteiger charge is 2.41. The van der Waals surface area contributed by atoms with Crippen LogP contribution < -0.4 is 5.73 Å². The van der Waals surface area contributed by atoms with Crippen molar-refractivity contribution in [2.24, 2.45) is 5.92 Å². The van der Waals surface area contributed by atoms with Gasteiger partial charge in [0.2, 0.25) is 0 Å². The van der Waals surface area contributed by atoms with Crippen LogP contribution in [0.2, 0.25) is 0 Å². The second-order valence-electron chi connectivity index (χ2n) is 5.23. The molecule has 1 saturated heterocycles. The molecule has 116 valence electrons. The fourth-order valence-corrected chi connectivity index (χ4v) is 2.50. The molecule has 21 heavy (non-hydrogen) atoms. The lowest BCUT2D eigenvalue weighted by atomic mass is 9.96. The van der Waals surface area contributed by atoms with Gasteiger partial charge < -0.3 is 5.73 Å². The molecule has 2 rings (SSSR count). The summed E-state index contributed by atoms with van der Waals surface area (Å²) in [7, 11) is 0. The minimum atomic E-state index is -4.14. The highest BCUT2D eigenvalue weighted by atomic mass is 19.4. The Morgan fingerprint density at radius 2 is 1.95 bits per heavy atom. The molecule has 1 aromatic carbocycles. The van der Waals surface area contributed by atoms with Crippen molar-refractivity contribution < 1.29 is 18.1 Å². The molecule has 1 aromatic rings. The number of anilines is 1. The van der Waals surface area contributed by atoms with E-state index < -0.39 is 17.0 Å². The van der Waals surface area contributed by atoms with E-state index in [1.807, 2.05) is 4.90 Å². The van der Waals surface area contributed by atoms with Crippen molar-refractivity contribution in [1.82, 2.24) is 4.90 Å². The second-order valence-corrected chi connectivity index (χ2v) is 5.23. The highest BCUT2D eigenvalue weighted by Crippen LogP contribution is 2.34. The summed E-state index contributed by atoms with van der Waals surface area (Å²) in [5, 5.41) is 10.7. The number of likely N-dealkylation sites (tertiary alicyclic amines) is 1. The van der Waals surface area contributed by atoms with Crippen molar-refractivity contribution in [1.29, 1.82) is 0 Å². The van der Waals surface area contributed by atoms with Crippen molar-refractivity contribution in [3.8, 4) is 0 Å². The maximum Gasteiger partial charge on any atom is 0.391 e. The summed E-state index contributed by atoms with van der Waals surface area (Å²) in [4.78, 5) is 12.1. The maximum atomic E-state index is 12.6. The van der Waals surface area contributed by atoms with Gasteiger partial charge in [0.15, 0.2) is 0 Å². The van der Waals surface area contributed by atoms with Gasteiger partial charge in [0, 0.05) is 24.4 Å². The van der Waals surface area contributed by atoms with E-state index >= 15 is 0 Å². The molecule has 1 aliphatic heterocycles. The van der Waals surface area contributed by atoms with Gasteiger partial charge in [-0.15, -0.1) is 0 Å². The molecular formula is C13H16F3N3O2. The average molecular weight is 303 g/mol. The number of nitrogens with zero attached hydrogens (tertiary/aromatic N) is 2. The predicted octanol–water partition coefficient (Wildman–Crippen LogP) is 2.95. The lowest BCUT2D eigenvalue weighted by Crippen LogP contribution is -2.38. The largest absolute Gasteiger partial charge is 0.398 e. The molecular weight excluding hydrogens is 287 g/mol. The number of halogens is 3. The first-order chi connectivity index (χ1) is 9.77. The van der Waals surface area contributed by atoms with Crippen LogP contribution in [0.25, 0.3) is 0 Å². The zero-order valence-electron chi connectivity index (χ0n) is 11.3. The van der Waals surface area contributed by atoms with Gasteiger partial charge in [-0.25, -0.2) is 0 Å². The van der Waals surface area contributed by atoms with Crippen LogP contribution in [0.15, 0.2) is 18.2 Å². The van der Waals surface area contributed by atoms with Crippen molar-refractivity contribution in [2.75, 3.05) is 18.8 Å². The number of nitrogens with two attached hydrogens (primary N) is 1. The minimum Gasteiger partial charge on any atom is -0.398 e. The zero-order valence-corrected chi connectivity index (χ0v) is 11.3. The Balaban J connectivity index is 2.01. The number of non-ortho nitro benzene ring substituents is 1. The Kier molecular flexibility index (Phi) is 4.36. The molecule has 0 unspecified atom stereocenters. The first-order valence-corrected chi connectivity index (χ1v) is 6.59. The van der Waals surface area contributed by atoms with Crippen molar-refractivity contribution in [2.45, 2.75) is 25.6 Å². The molecule has 0 spiro atoms. The number of rotatable bonds is 3. The molecule has 0 amide bonds. The Bertz CT molecular complexity index is 526. The van der Waals surface area contributed by atoms with Crippen LogP contribution in [0.5, 0.6) is 0 Å². The van der Waals surface area contributed by atoms with Gasteiger partial charge in [0.1, 0.15) is 0 Å². The second kappa shape index (κ2) is 5.88. The Labute approximate surface area is 119 Å². The number of alkyl halides is 3. The number of hydrogen-bond donors (Lipinski definition) is 1. The standard InChI is InChI=1S/C13H16F3N3O2/c14-13(15,16)10-3-5-18(6-4-10)8-9-7-11(19(20)21)1-2-12(9)17/h1-2,7,10H,3-6,8,17H2. The number of piperidine rings is 1. The van der Waals surface area contributed by atoms with Gasteiger partial charge in [-0.05, 0) is 37.6 Å². The van der Waals surface area contributed by atoms with E-state index in [0.29, 0.717) is 30.9 Å². The molecule has 1 fully saturated rings. The van der Waals surface area contributed by atoms with Crippen molar-refractivity contribution in [3.05, 3.63) is 33.9 Å². The molecule has 0 aliphatic carbocycles. The summed E-state index contributed by atoms with van der Waals surface area (Å²) in [6.07, 6.45) is -4.03. The van der Waals surface area contributed by atoms with E-state index in [1.165, 1.54) is 18.2 Å². The Hall–Kier alpha value is -1.83. The normalized spacial score (nSPS) is 17.9. The molecule has 1 heterocycles. The van der Waals surface area contributed by atoms with Crippen LogP contribution in [0.3, 0.4) is 0 Å². The van der Waals surface area contributed by atoms with Crippen LogP contribution in [-0.2, 0) is 6.54 Å². The first kappa shape index (κ1) is 15.6. The highest BCUT2D eigenvalue weighted by molar-refractivity contribution is 5.52. The lowest BCUT2D eigenvalue weighted by molar-refractivity contribution is -0.384. The number of nitro groups is 1. The molecule has 0 aromatic heterocycles. The van der Waals surface area contributed by atoms with Gasteiger partial charge in [-0.3, -0.25) is 15.0 Å². The number of nitro benzene ring substituents is 1. The summed E-state index contributed by atoms with van der Waals surface area (Å²) in [6, 6.07) is 4.15. The van der Waals surface area contributed by atoms with Gasteiger partial charge in [0.05, 0.1) is 10.8 Å². The monoisotopic (exact) mass is 303 g/mol. The molecule has 5 nitrogen and oxygen atoms in total. The summed E-state index contributed by atoms with van der Waals surface area (Å²) >= 11 is 0. The molecule has 8 heteroatoms. The smallest absolute Gasteiger partial charge is 0.391 e. The Morgan fingerprint density at radius 1 is 1.33 bits per heavy atom. The number of nitrogen functional groups attached to an aromatic ring is 1. The van der Waals surface area contributed by atoms with Crippen molar-refractivity contribution in [3.63, 3.8) is 0 Å². The van der Waals surface area contributed by atoms with Crippen LogP contribution in [0, 0.1) is 16.0 Å². The first-order valence-electron chi connectivity index (χ1n) is 6.59. The van der Waals surface area contributed by atoms with E-state index in [4.69, 9.17) is 5.73 Å². The fraction of sp³-hybridized carbons (Fsp3) is 0.538. The molecule has 0 radical (unpaired) electrons. The van der Waals surface area contributed by atoms with Crippen molar-refractivity contribution >= 4 is 11.4 Å². The van der Waals surface area contributed by atoms with Gasteiger partial charge in [-0.2, -0.15) is 13.2 Å². The average Bonchev–Trinajstić information content (AvgIpc) is 2.40. The third-order valence-electron chi connectivity index (χ3n) is 3.78. The third-order valence-corrected chi connectivity index (χ3v) is 3.78. The summed E-state index contributed by atoms with van der Waals surface area (Å²) in [6.45, 7) is 0.955. The van der Waals surface area contributed by atoms with Crippen LogP contribution in [-0.4, -0.2) is 29.1 Å². The Morgan fingerprint density at radius 3 is 2.48 bits per heavy atom. The van der Waals surface area contributed by atoms with E-state index in [-0.39, 0.29) is 18.5 Å². The van der Waals surface area contributed by atoms with Crippen LogP contribution in [0.4, 0.5) is 24.5 Å². The molecule has 0 atom stereocenters. The topological polar surface area (TPSA) is 72.4 Å². The number of hydrogen-bond acceptors (Lipinski definition) is 4. The van der Waals surface area contributed by atoms with E-state index in [1.54, 1.807) is 0 Å². The van der Waals surface area contributed by atoms with E-state index in [0.717, 1.165) is 0 Å². The van der Waals surface area contributed by atoms with Gasteiger partial charge in [-0.1, -0.05) is 0 Å². The maximum absolute atomic E-state index is 12.6. The number of benzene rings is 1. The molecule has 0 saturated carbocycles. The predicted molar refractivity (Wildman–Crippen MR) is 71.6 cm³/mol. The van der Waals surface area contributed by atoms with Gasteiger partial charge in [0.25, 0.3) is 5.69 Å². The van der Waals surface area contributed by atoms with Gasteiger partial charge >= 0.3 is 6.18 Å². The van der Waals surface area contributed by atoms with Crippen LogP contribution >= 0.6 is 0 Å². The molecule has 2 N–H and O–H groups in total. The van der Waals surface area contributed by atoms with E-state index in [9.17, 15) is 23.3 Å². The third kappa shape index (κ3) is 3.84. The quantitative estimate of drug-likeness (QED) is 0.529. The lowest BCUT2D eigenvalue weighted by Gasteiger charge is -2.33. The minimum absolute atomic E-state index is 0.0539. The molecule has 0 bridgehead atoms. The van der Waals surface area contributed by atoms with E-state index in [2.05, 4.69) is 0 Å². The fourth-order valence-electron chi connectivity index (χ4n) is 2.50. The summed E-state index contributed by atoms with van der Waals surface area (Å²) < 4.78 is 37.8.